The van der Waals surface area contributed by atoms with Gasteiger partial charge in [0, 0.05) is 5.39 Å². The minimum absolute atomic E-state index is 0.336. The third-order valence-corrected chi connectivity index (χ3v) is 3.94. The maximum Gasteiger partial charge on any atom is 0.495 e. The Hall–Kier alpha value is -1.33. The summed E-state index contributed by atoms with van der Waals surface area (Å²) in [6.45, 7) is 8.17. The molecule has 1 saturated heterocycles. The van der Waals surface area contributed by atoms with Crippen molar-refractivity contribution in [3.05, 3.63) is 24.4 Å². The first-order valence-corrected chi connectivity index (χ1v) is 6.10. The molecular weight excluding hydrogens is 229 g/mol. The van der Waals surface area contributed by atoms with Crippen molar-refractivity contribution in [2.45, 2.75) is 38.9 Å². The summed E-state index contributed by atoms with van der Waals surface area (Å²) < 4.78 is 17.2. The maximum atomic E-state index is 6.04. The van der Waals surface area contributed by atoms with Crippen molar-refractivity contribution in [2.75, 3.05) is 0 Å². The maximum absolute atomic E-state index is 6.04. The van der Waals surface area contributed by atoms with Gasteiger partial charge in [0.2, 0.25) is 0 Å². The van der Waals surface area contributed by atoms with Gasteiger partial charge >= 0.3 is 7.12 Å². The summed E-state index contributed by atoms with van der Waals surface area (Å²) in [7, 11) is -0.377. The van der Waals surface area contributed by atoms with Crippen LogP contribution in [0.2, 0.25) is 0 Å². The Bertz CT molecular complexity index is 575. The van der Waals surface area contributed by atoms with E-state index in [0.29, 0.717) is 0 Å². The first kappa shape index (κ1) is 11.7. The second-order valence-corrected chi connectivity index (χ2v) is 5.67. The fraction of sp³-hybridized carbons (Fsp3) is 0.462. The monoisotopic (exact) mass is 245 g/mol. The largest absolute Gasteiger partial charge is 0.495 e. The van der Waals surface area contributed by atoms with Gasteiger partial charge in [-0.25, -0.2) is 0 Å². The van der Waals surface area contributed by atoms with Crippen molar-refractivity contribution in [3.63, 3.8) is 0 Å². The number of hydrogen-bond acceptors (Lipinski definition) is 4. The average molecular weight is 245 g/mol. The molecule has 1 aromatic heterocycles. The molecule has 1 fully saturated rings. The Morgan fingerprint density at radius 3 is 2.39 bits per heavy atom. The van der Waals surface area contributed by atoms with Crippen molar-refractivity contribution >= 4 is 23.6 Å². The molecule has 1 aliphatic rings. The van der Waals surface area contributed by atoms with Gasteiger partial charge in [0.25, 0.3) is 0 Å². The standard InChI is InChI=1S/C13H16BNO3/c1-12(2)13(3,4)18-14(17-12)10-6-5-7-11-9(10)8-15-16-11/h5-8H,1-4H3. The fourth-order valence-corrected chi connectivity index (χ4v) is 2.09. The molecule has 0 atom stereocenters. The van der Waals surface area contributed by atoms with Gasteiger partial charge < -0.3 is 13.8 Å². The van der Waals surface area contributed by atoms with Crippen LogP contribution in [0.3, 0.4) is 0 Å². The van der Waals surface area contributed by atoms with Crippen LogP contribution in [0.25, 0.3) is 11.0 Å². The van der Waals surface area contributed by atoms with Crippen molar-refractivity contribution < 1.29 is 13.8 Å². The van der Waals surface area contributed by atoms with Gasteiger partial charge in [0.05, 0.1) is 17.4 Å². The van der Waals surface area contributed by atoms with Gasteiger partial charge in [0.1, 0.15) is 0 Å². The molecule has 2 aromatic rings. The summed E-state index contributed by atoms with van der Waals surface area (Å²) in [4.78, 5) is 0. The van der Waals surface area contributed by atoms with Gasteiger partial charge in [-0.2, -0.15) is 0 Å². The van der Waals surface area contributed by atoms with E-state index < -0.39 is 0 Å². The molecule has 0 amide bonds. The van der Waals surface area contributed by atoms with Gasteiger partial charge in [-0.1, -0.05) is 17.3 Å². The molecule has 2 heterocycles. The van der Waals surface area contributed by atoms with Gasteiger partial charge in [-0.05, 0) is 39.2 Å². The van der Waals surface area contributed by atoms with Gasteiger partial charge in [0.15, 0.2) is 5.58 Å². The lowest BCUT2D eigenvalue weighted by atomic mass is 9.77. The van der Waals surface area contributed by atoms with E-state index in [1.165, 1.54) is 0 Å². The van der Waals surface area contributed by atoms with Crippen molar-refractivity contribution in [1.29, 1.82) is 0 Å². The van der Waals surface area contributed by atoms with Gasteiger partial charge in [-0.15, -0.1) is 0 Å². The topological polar surface area (TPSA) is 44.5 Å². The summed E-state index contributed by atoms with van der Waals surface area (Å²) >= 11 is 0. The average Bonchev–Trinajstić information content (AvgIpc) is 2.81. The summed E-state index contributed by atoms with van der Waals surface area (Å²) in [5.74, 6) is 0. The highest BCUT2D eigenvalue weighted by Gasteiger charge is 2.52. The van der Waals surface area contributed by atoms with E-state index in [2.05, 4.69) is 5.16 Å². The Morgan fingerprint density at radius 2 is 1.72 bits per heavy atom. The molecule has 0 aliphatic carbocycles. The number of hydrogen-bond donors (Lipinski definition) is 0. The number of fused-ring (bicyclic) bond motifs is 1. The lowest BCUT2D eigenvalue weighted by molar-refractivity contribution is 0.00578. The highest BCUT2D eigenvalue weighted by Crippen LogP contribution is 2.36. The highest BCUT2D eigenvalue weighted by atomic mass is 16.7. The Kier molecular flexibility index (Phi) is 2.34. The molecule has 0 spiro atoms. The normalized spacial score (nSPS) is 21.7. The molecule has 0 N–H and O–H groups in total. The zero-order valence-electron chi connectivity index (χ0n) is 11.1. The van der Waals surface area contributed by atoms with E-state index in [0.717, 1.165) is 16.4 Å². The zero-order valence-corrected chi connectivity index (χ0v) is 11.1. The summed E-state index contributed by atoms with van der Waals surface area (Å²) in [6, 6.07) is 5.80. The Balaban J connectivity index is 2.05. The van der Waals surface area contributed by atoms with Crippen LogP contribution in [0, 0.1) is 0 Å². The first-order chi connectivity index (χ1) is 8.41. The van der Waals surface area contributed by atoms with Crippen molar-refractivity contribution in [3.8, 4) is 0 Å². The van der Waals surface area contributed by atoms with Crippen LogP contribution in [0.15, 0.2) is 28.9 Å². The lowest BCUT2D eigenvalue weighted by Gasteiger charge is -2.32. The predicted octanol–water partition coefficient (Wildman–Crippen LogP) is 2.13. The van der Waals surface area contributed by atoms with E-state index in [-0.39, 0.29) is 18.3 Å². The Morgan fingerprint density at radius 1 is 1.06 bits per heavy atom. The van der Waals surface area contributed by atoms with Crippen LogP contribution in [0.1, 0.15) is 27.7 Å². The molecule has 0 radical (unpaired) electrons. The minimum Gasteiger partial charge on any atom is -0.399 e. The highest BCUT2D eigenvalue weighted by molar-refractivity contribution is 6.65. The number of rotatable bonds is 1. The van der Waals surface area contributed by atoms with E-state index >= 15 is 0 Å². The second-order valence-electron chi connectivity index (χ2n) is 5.67. The molecular formula is C13H16BNO3. The predicted molar refractivity (Wildman–Crippen MR) is 69.7 cm³/mol. The van der Waals surface area contributed by atoms with E-state index in [1.807, 2.05) is 45.9 Å². The van der Waals surface area contributed by atoms with Crippen molar-refractivity contribution in [2.24, 2.45) is 0 Å². The SMILES string of the molecule is CC1(C)OB(c2cccc3oncc23)OC1(C)C. The first-order valence-electron chi connectivity index (χ1n) is 6.10. The summed E-state index contributed by atoms with van der Waals surface area (Å²) in [6.07, 6.45) is 1.70. The molecule has 94 valence electrons. The molecule has 3 rings (SSSR count). The fourth-order valence-electron chi connectivity index (χ4n) is 2.09. The van der Waals surface area contributed by atoms with Crippen LogP contribution in [0.5, 0.6) is 0 Å². The van der Waals surface area contributed by atoms with Crippen LogP contribution in [-0.4, -0.2) is 23.5 Å². The van der Waals surface area contributed by atoms with Crippen LogP contribution >= 0.6 is 0 Å². The number of nitrogens with zero attached hydrogens (tertiary/aromatic N) is 1. The third-order valence-electron chi connectivity index (χ3n) is 3.94. The van der Waals surface area contributed by atoms with Crippen LogP contribution in [-0.2, 0) is 9.31 Å². The van der Waals surface area contributed by atoms with Crippen LogP contribution in [0.4, 0.5) is 0 Å². The summed E-state index contributed by atoms with van der Waals surface area (Å²) in [5, 5.41) is 4.76. The molecule has 1 aromatic carbocycles. The molecule has 4 nitrogen and oxygen atoms in total. The van der Waals surface area contributed by atoms with E-state index in [9.17, 15) is 0 Å². The zero-order chi connectivity index (χ0) is 13.0. The Labute approximate surface area is 106 Å². The third kappa shape index (κ3) is 1.58. The molecule has 0 unspecified atom stereocenters. The minimum atomic E-state index is -0.377. The molecule has 18 heavy (non-hydrogen) atoms. The van der Waals surface area contributed by atoms with Gasteiger partial charge in [-0.3, -0.25) is 0 Å². The van der Waals surface area contributed by atoms with E-state index in [4.69, 9.17) is 13.8 Å². The van der Waals surface area contributed by atoms with Crippen molar-refractivity contribution in [1.82, 2.24) is 5.16 Å². The molecule has 1 aliphatic heterocycles. The van der Waals surface area contributed by atoms with E-state index in [1.54, 1.807) is 6.20 Å². The molecule has 5 heteroatoms. The molecule has 0 saturated carbocycles. The number of benzene rings is 1. The summed E-state index contributed by atoms with van der Waals surface area (Å²) in [5.41, 5.74) is 1.04. The number of aromatic nitrogens is 1. The molecule has 0 bridgehead atoms. The lowest BCUT2D eigenvalue weighted by Crippen LogP contribution is -2.41. The van der Waals surface area contributed by atoms with Crippen LogP contribution < -0.4 is 5.46 Å². The smallest absolute Gasteiger partial charge is 0.399 e. The second kappa shape index (κ2) is 3.59. The quantitative estimate of drug-likeness (QED) is 0.722.